The van der Waals surface area contributed by atoms with Crippen molar-refractivity contribution >= 4 is 6.08 Å². The van der Waals surface area contributed by atoms with E-state index >= 15 is 0 Å². The predicted molar refractivity (Wildman–Crippen MR) is 48.8 cm³/mol. The molecule has 14 heavy (non-hydrogen) atoms. The molecule has 1 heterocycles. The molecule has 1 aromatic heterocycles. The van der Waals surface area contributed by atoms with Gasteiger partial charge in [0.15, 0.2) is 0 Å². The number of hydrogen-bond acceptors (Lipinski definition) is 2. The Hall–Kier alpha value is -1.16. The van der Waals surface area contributed by atoms with Gasteiger partial charge in [-0.1, -0.05) is 0 Å². The molecule has 1 unspecified atom stereocenters. The molecule has 1 aliphatic carbocycles. The summed E-state index contributed by atoms with van der Waals surface area (Å²) in [5.74, 6) is -2.21. The van der Waals surface area contributed by atoms with E-state index in [1.54, 1.807) is 25.1 Å². The maximum atomic E-state index is 12.9. The topological polar surface area (TPSA) is 39.2 Å². The van der Waals surface area contributed by atoms with E-state index in [4.69, 9.17) is 10.2 Å². The Balaban J connectivity index is 2.22. The van der Waals surface area contributed by atoms with Crippen molar-refractivity contribution in [1.82, 2.24) is 0 Å². The SMILES string of the molecule is C/C(=C/c1ccco1)C1(N)CC1(F)F. The van der Waals surface area contributed by atoms with Crippen molar-refractivity contribution in [3.05, 3.63) is 29.7 Å². The van der Waals surface area contributed by atoms with Gasteiger partial charge < -0.3 is 10.2 Å². The smallest absolute Gasteiger partial charge is 0.272 e. The monoisotopic (exact) mass is 199 g/mol. The molecule has 4 heteroatoms. The van der Waals surface area contributed by atoms with Gasteiger partial charge in [-0.25, -0.2) is 8.78 Å². The minimum Gasteiger partial charge on any atom is -0.465 e. The first-order valence-corrected chi connectivity index (χ1v) is 4.35. The van der Waals surface area contributed by atoms with Gasteiger partial charge in [-0.2, -0.15) is 0 Å². The molecule has 0 saturated heterocycles. The lowest BCUT2D eigenvalue weighted by Crippen LogP contribution is -2.31. The van der Waals surface area contributed by atoms with Crippen LogP contribution in [0.5, 0.6) is 0 Å². The second-order valence-electron chi connectivity index (χ2n) is 3.70. The minimum atomic E-state index is -2.76. The number of rotatable bonds is 2. The van der Waals surface area contributed by atoms with Crippen LogP contribution in [0.1, 0.15) is 19.1 Å². The van der Waals surface area contributed by atoms with Crippen LogP contribution in [0.2, 0.25) is 0 Å². The Morgan fingerprint density at radius 1 is 1.64 bits per heavy atom. The van der Waals surface area contributed by atoms with Crippen LogP contribution >= 0.6 is 0 Å². The first-order valence-electron chi connectivity index (χ1n) is 4.35. The van der Waals surface area contributed by atoms with E-state index in [9.17, 15) is 8.78 Å². The Kier molecular flexibility index (Phi) is 1.79. The number of alkyl halides is 2. The zero-order valence-electron chi connectivity index (χ0n) is 7.76. The van der Waals surface area contributed by atoms with Gasteiger partial charge in [0.2, 0.25) is 0 Å². The molecule has 0 aromatic carbocycles. The van der Waals surface area contributed by atoms with Gasteiger partial charge in [0, 0.05) is 6.42 Å². The number of nitrogens with two attached hydrogens (primary N) is 1. The molecule has 1 saturated carbocycles. The van der Waals surface area contributed by atoms with Crippen LogP contribution in [-0.2, 0) is 0 Å². The fraction of sp³-hybridized carbons (Fsp3) is 0.400. The van der Waals surface area contributed by atoms with Crippen LogP contribution in [0.25, 0.3) is 6.08 Å². The summed E-state index contributed by atoms with van der Waals surface area (Å²) < 4.78 is 30.7. The average Bonchev–Trinajstić information content (AvgIpc) is 2.54. The highest BCUT2D eigenvalue weighted by molar-refractivity contribution is 5.54. The van der Waals surface area contributed by atoms with Crippen molar-refractivity contribution in [2.75, 3.05) is 0 Å². The summed E-state index contributed by atoms with van der Waals surface area (Å²) in [5.41, 5.74) is 4.52. The van der Waals surface area contributed by atoms with Crippen LogP contribution in [0.4, 0.5) is 8.78 Å². The van der Waals surface area contributed by atoms with Crippen molar-refractivity contribution in [2.45, 2.75) is 24.8 Å². The molecule has 1 aliphatic rings. The van der Waals surface area contributed by atoms with E-state index in [0.717, 1.165) is 0 Å². The summed E-state index contributed by atoms with van der Waals surface area (Å²) >= 11 is 0. The molecule has 0 bridgehead atoms. The van der Waals surface area contributed by atoms with Crippen LogP contribution in [0, 0.1) is 0 Å². The standard InChI is InChI=1S/C10H11F2NO/c1-7(5-8-3-2-4-14-8)9(13)6-10(9,11)12/h2-5H,6,13H2,1H3/b7-5-. The molecule has 0 spiro atoms. The molecule has 2 rings (SSSR count). The van der Waals surface area contributed by atoms with Crippen molar-refractivity contribution in [2.24, 2.45) is 5.73 Å². The molecule has 76 valence electrons. The summed E-state index contributed by atoms with van der Waals surface area (Å²) in [6, 6.07) is 3.40. The lowest BCUT2D eigenvalue weighted by atomic mass is 10.1. The molecule has 1 atom stereocenters. The minimum absolute atomic E-state index is 0.275. The number of halogens is 2. The molecule has 2 nitrogen and oxygen atoms in total. The summed E-state index contributed by atoms with van der Waals surface area (Å²) in [6.45, 7) is 1.60. The quantitative estimate of drug-likeness (QED) is 0.794. The first-order chi connectivity index (χ1) is 6.46. The van der Waals surface area contributed by atoms with Crippen molar-refractivity contribution < 1.29 is 13.2 Å². The molecule has 2 N–H and O–H groups in total. The van der Waals surface area contributed by atoms with E-state index in [-0.39, 0.29) is 6.42 Å². The fourth-order valence-electron chi connectivity index (χ4n) is 1.45. The third-order valence-electron chi connectivity index (χ3n) is 2.63. The Labute approximate surface area is 80.4 Å². The second kappa shape index (κ2) is 2.67. The van der Waals surface area contributed by atoms with E-state index in [1.165, 1.54) is 6.26 Å². The van der Waals surface area contributed by atoms with E-state index < -0.39 is 11.5 Å². The zero-order chi connectivity index (χ0) is 10.4. The van der Waals surface area contributed by atoms with Crippen LogP contribution in [0.15, 0.2) is 28.4 Å². The van der Waals surface area contributed by atoms with Crippen LogP contribution < -0.4 is 5.73 Å². The van der Waals surface area contributed by atoms with Crippen LogP contribution in [0.3, 0.4) is 0 Å². The third-order valence-corrected chi connectivity index (χ3v) is 2.63. The van der Waals surface area contributed by atoms with Gasteiger partial charge in [-0.3, -0.25) is 0 Å². The lowest BCUT2D eigenvalue weighted by molar-refractivity contribution is 0.0975. The maximum Gasteiger partial charge on any atom is 0.272 e. The van der Waals surface area contributed by atoms with Crippen molar-refractivity contribution in [3.8, 4) is 0 Å². The third kappa shape index (κ3) is 1.26. The molecule has 0 radical (unpaired) electrons. The highest BCUT2D eigenvalue weighted by Crippen LogP contribution is 2.55. The summed E-state index contributed by atoms with van der Waals surface area (Å²) in [4.78, 5) is 0. The fourth-order valence-corrected chi connectivity index (χ4v) is 1.45. The second-order valence-corrected chi connectivity index (χ2v) is 3.70. The Morgan fingerprint density at radius 2 is 2.29 bits per heavy atom. The number of hydrogen-bond donors (Lipinski definition) is 1. The Bertz CT molecular complexity index is 369. The highest BCUT2D eigenvalue weighted by atomic mass is 19.3. The lowest BCUT2D eigenvalue weighted by Gasteiger charge is -2.09. The molecular formula is C10H11F2NO. The number of furan rings is 1. The van der Waals surface area contributed by atoms with Crippen molar-refractivity contribution in [1.29, 1.82) is 0 Å². The van der Waals surface area contributed by atoms with Crippen LogP contribution in [-0.4, -0.2) is 11.5 Å². The van der Waals surface area contributed by atoms with Gasteiger partial charge in [-0.05, 0) is 30.7 Å². The predicted octanol–water partition coefficient (Wildman–Crippen LogP) is 2.42. The summed E-state index contributed by atoms with van der Waals surface area (Å²) in [7, 11) is 0. The molecule has 1 aromatic rings. The van der Waals surface area contributed by atoms with Gasteiger partial charge >= 0.3 is 0 Å². The average molecular weight is 199 g/mol. The molecule has 0 aliphatic heterocycles. The first kappa shape index (κ1) is 9.40. The van der Waals surface area contributed by atoms with Gasteiger partial charge in [-0.15, -0.1) is 0 Å². The summed E-state index contributed by atoms with van der Waals surface area (Å²) in [6.07, 6.45) is 2.78. The van der Waals surface area contributed by atoms with Gasteiger partial charge in [0.25, 0.3) is 5.92 Å². The Morgan fingerprint density at radius 3 is 2.71 bits per heavy atom. The largest absolute Gasteiger partial charge is 0.465 e. The van der Waals surface area contributed by atoms with E-state index in [0.29, 0.717) is 11.3 Å². The van der Waals surface area contributed by atoms with Gasteiger partial charge in [0.05, 0.1) is 6.26 Å². The van der Waals surface area contributed by atoms with E-state index in [2.05, 4.69) is 0 Å². The van der Waals surface area contributed by atoms with Gasteiger partial charge in [0.1, 0.15) is 11.3 Å². The molecular weight excluding hydrogens is 188 g/mol. The molecule has 0 amide bonds. The summed E-state index contributed by atoms with van der Waals surface area (Å²) in [5, 5.41) is 0. The molecule has 1 fully saturated rings. The highest BCUT2D eigenvalue weighted by Gasteiger charge is 2.69. The van der Waals surface area contributed by atoms with E-state index in [1.807, 2.05) is 0 Å². The normalized spacial score (nSPS) is 30.4. The van der Waals surface area contributed by atoms with Crippen molar-refractivity contribution in [3.63, 3.8) is 0 Å². The maximum absolute atomic E-state index is 12.9. The zero-order valence-corrected chi connectivity index (χ0v) is 7.76.